The first-order chi connectivity index (χ1) is 16.1. The zero-order valence-electron chi connectivity index (χ0n) is 20.2. The summed E-state index contributed by atoms with van der Waals surface area (Å²) in [6.07, 6.45) is 5.28. The van der Waals surface area contributed by atoms with E-state index in [-0.39, 0.29) is 24.3 Å². The highest BCUT2D eigenvalue weighted by atomic mass is 16.6. The minimum absolute atomic E-state index is 0.00494. The maximum absolute atomic E-state index is 13.3. The Bertz CT molecular complexity index is 966. The Kier molecular flexibility index (Phi) is 6.98. The average Bonchev–Trinajstić information content (AvgIpc) is 3.40. The lowest BCUT2D eigenvalue weighted by Gasteiger charge is -2.36. The first kappa shape index (κ1) is 24.3. The number of fused-ring (bicyclic) bond motifs is 2. The fraction of sp³-hybridized carbons (Fsp3) is 0.577. The van der Waals surface area contributed by atoms with E-state index in [2.05, 4.69) is 11.4 Å². The maximum atomic E-state index is 13.3. The number of amides is 3. The fourth-order valence-corrected chi connectivity index (χ4v) is 5.26. The molecule has 3 aliphatic rings. The van der Waals surface area contributed by atoms with Crippen LogP contribution in [0.5, 0.6) is 0 Å². The van der Waals surface area contributed by atoms with Crippen LogP contribution in [0.15, 0.2) is 30.3 Å². The van der Waals surface area contributed by atoms with Gasteiger partial charge in [-0.1, -0.05) is 30.3 Å². The Hall–Kier alpha value is -2.87. The number of carbonyl (C=O) groups is 3. The summed E-state index contributed by atoms with van der Waals surface area (Å²) in [5, 5.41) is 2.83. The molecule has 2 heterocycles. The second-order valence-electron chi connectivity index (χ2n) is 10.5. The van der Waals surface area contributed by atoms with Crippen LogP contribution in [0.1, 0.15) is 57.6 Å². The summed E-state index contributed by atoms with van der Waals surface area (Å²) in [6, 6.07) is 6.45. The highest BCUT2D eigenvalue weighted by Gasteiger charge is 2.52. The van der Waals surface area contributed by atoms with Crippen molar-refractivity contribution in [2.75, 3.05) is 13.2 Å². The maximum Gasteiger partial charge on any atom is 0.411 e. The molecule has 2 aliphatic heterocycles. The van der Waals surface area contributed by atoms with Crippen LogP contribution in [0.2, 0.25) is 0 Å². The molecule has 8 heteroatoms. The van der Waals surface area contributed by atoms with Crippen LogP contribution in [0.25, 0.3) is 5.57 Å². The van der Waals surface area contributed by atoms with E-state index >= 15 is 0 Å². The van der Waals surface area contributed by atoms with Gasteiger partial charge in [-0.2, -0.15) is 0 Å². The number of nitrogens with one attached hydrogen (secondary N) is 1. The standard InChI is InChI=1S/C26H35N3O5/c1-26(2,3)34-25(32)29-20-9-8-19(15-20)22(29)24(31)28-21(23(27)30)14-16-4-6-17(7-5-16)18-10-12-33-13-11-18/h4-7,10,19-22H,8-9,11-15H2,1-3H3,(H2,27,30)(H,28,31)/t19-,20+,21-,22-/m0/s1. The van der Waals surface area contributed by atoms with Gasteiger partial charge in [0.05, 0.1) is 13.2 Å². The summed E-state index contributed by atoms with van der Waals surface area (Å²) in [5.41, 5.74) is 8.27. The number of hydrogen-bond donors (Lipinski definition) is 2. The van der Waals surface area contributed by atoms with Gasteiger partial charge in [0.15, 0.2) is 0 Å². The van der Waals surface area contributed by atoms with Gasteiger partial charge >= 0.3 is 6.09 Å². The van der Waals surface area contributed by atoms with E-state index in [1.54, 1.807) is 25.7 Å². The molecule has 3 N–H and O–H groups in total. The first-order valence-corrected chi connectivity index (χ1v) is 12.1. The van der Waals surface area contributed by atoms with Crippen molar-refractivity contribution in [2.45, 2.75) is 76.6 Å². The third-order valence-electron chi connectivity index (χ3n) is 6.85. The lowest BCUT2D eigenvalue weighted by atomic mass is 9.96. The molecule has 1 saturated carbocycles. The van der Waals surface area contributed by atoms with E-state index in [0.717, 1.165) is 36.8 Å². The third-order valence-corrected chi connectivity index (χ3v) is 6.85. The van der Waals surface area contributed by atoms with Crippen LogP contribution in [-0.4, -0.2) is 59.7 Å². The number of ether oxygens (including phenoxy) is 2. The molecule has 3 amide bonds. The number of rotatable bonds is 6. The van der Waals surface area contributed by atoms with Crippen molar-refractivity contribution in [2.24, 2.45) is 11.7 Å². The van der Waals surface area contributed by atoms with Gasteiger partial charge in [0.2, 0.25) is 11.8 Å². The van der Waals surface area contributed by atoms with Gasteiger partial charge < -0.3 is 20.5 Å². The molecule has 4 rings (SSSR count). The molecule has 1 aromatic rings. The van der Waals surface area contributed by atoms with Gasteiger partial charge in [0.25, 0.3) is 0 Å². The van der Waals surface area contributed by atoms with E-state index in [4.69, 9.17) is 15.2 Å². The highest BCUT2D eigenvalue weighted by Crippen LogP contribution is 2.43. The van der Waals surface area contributed by atoms with Crippen LogP contribution < -0.4 is 11.1 Å². The fourth-order valence-electron chi connectivity index (χ4n) is 5.26. The van der Waals surface area contributed by atoms with Crippen molar-refractivity contribution in [1.29, 1.82) is 0 Å². The molecule has 1 aliphatic carbocycles. The van der Waals surface area contributed by atoms with Crippen LogP contribution in [-0.2, 0) is 25.5 Å². The predicted octanol–water partition coefficient (Wildman–Crippen LogP) is 2.79. The van der Waals surface area contributed by atoms with Crippen molar-refractivity contribution < 1.29 is 23.9 Å². The van der Waals surface area contributed by atoms with E-state index in [0.29, 0.717) is 13.2 Å². The molecule has 184 valence electrons. The molecular weight excluding hydrogens is 434 g/mol. The van der Waals surface area contributed by atoms with Gasteiger partial charge in [-0.25, -0.2) is 4.79 Å². The molecule has 4 atom stereocenters. The van der Waals surface area contributed by atoms with Crippen molar-refractivity contribution in [1.82, 2.24) is 10.2 Å². The number of nitrogens with zero attached hydrogens (tertiary/aromatic N) is 1. The molecule has 2 bridgehead atoms. The lowest BCUT2D eigenvalue weighted by molar-refractivity contribution is -0.132. The zero-order chi connectivity index (χ0) is 24.5. The summed E-state index contributed by atoms with van der Waals surface area (Å²) >= 11 is 0. The molecule has 1 aromatic carbocycles. The first-order valence-electron chi connectivity index (χ1n) is 12.1. The monoisotopic (exact) mass is 469 g/mol. The van der Waals surface area contributed by atoms with Gasteiger partial charge in [0, 0.05) is 12.5 Å². The highest BCUT2D eigenvalue weighted by molar-refractivity contribution is 5.91. The predicted molar refractivity (Wildman–Crippen MR) is 128 cm³/mol. The average molecular weight is 470 g/mol. The second-order valence-corrected chi connectivity index (χ2v) is 10.5. The Morgan fingerprint density at radius 1 is 1.21 bits per heavy atom. The molecule has 8 nitrogen and oxygen atoms in total. The largest absolute Gasteiger partial charge is 0.444 e. The summed E-state index contributed by atoms with van der Waals surface area (Å²) in [6.45, 7) is 6.76. The zero-order valence-corrected chi connectivity index (χ0v) is 20.2. The van der Waals surface area contributed by atoms with Crippen molar-refractivity contribution >= 4 is 23.5 Å². The summed E-state index contributed by atoms with van der Waals surface area (Å²) in [7, 11) is 0. The third kappa shape index (κ3) is 5.43. The topological polar surface area (TPSA) is 111 Å². The number of carbonyl (C=O) groups excluding carboxylic acids is 3. The van der Waals surface area contributed by atoms with E-state index in [9.17, 15) is 14.4 Å². The second kappa shape index (κ2) is 9.78. The lowest BCUT2D eigenvalue weighted by Crippen LogP contribution is -2.57. The minimum Gasteiger partial charge on any atom is -0.444 e. The Balaban J connectivity index is 1.44. The number of piperidine rings is 1. The van der Waals surface area contributed by atoms with Crippen LogP contribution in [0, 0.1) is 5.92 Å². The van der Waals surface area contributed by atoms with Gasteiger partial charge in [-0.15, -0.1) is 0 Å². The number of hydrogen-bond acceptors (Lipinski definition) is 5. The van der Waals surface area contributed by atoms with Crippen molar-refractivity contribution in [3.8, 4) is 0 Å². The molecule has 0 spiro atoms. The Morgan fingerprint density at radius 3 is 2.56 bits per heavy atom. The molecule has 1 saturated heterocycles. The molecule has 2 fully saturated rings. The molecule has 0 radical (unpaired) electrons. The van der Waals surface area contributed by atoms with Crippen LogP contribution in [0.4, 0.5) is 4.79 Å². The summed E-state index contributed by atoms with van der Waals surface area (Å²) in [5.74, 6) is -0.875. The minimum atomic E-state index is -0.861. The van der Waals surface area contributed by atoms with Gasteiger partial charge in [-0.3, -0.25) is 14.5 Å². The molecule has 0 aromatic heterocycles. The number of benzene rings is 1. The van der Waals surface area contributed by atoms with Gasteiger partial charge in [-0.05, 0) is 69.1 Å². The molecule has 34 heavy (non-hydrogen) atoms. The Labute approximate surface area is 200 Å². The van der Waals surface area contributed by atoms with E-state index in [1.165, 1.54) is 5.57 Å². The van der Waals surface area contributed by atoms with E-state index in [1.807, 2.05) is 24.3 Å². The normalized spacial score (nSPS) is 25.0. The smallest absolute Gasteiger partial charge is 0.411 e. The number of likely N-dealkylation sites (tertiary alicyclic amines) is 1. The SMILES string of the molecule is CC(C)(C)OC(=O)N1[C@@H]2CC[C@@H](C2)[C@H]1C(=O)N[C@@H](Cc1ccc(C2=CCOCC2)cc1)C(N)=O. The summed E-state index contributed by atoms with van der Waals surface area (Å²) < 4.78 is 10.9. The quantitative estimate of drug-likeness (QED) is 0.666. The van der Waals surface area contributed by atoms with Crippen molar-refractivity contribution in [3.05, 3.63) is 41.5 Å². The van der Waals surface area contributed by atoms with Crippen LogP contribution in [0.3, 0.4) is 0 Å². The summed E-state index contributed by atoms with van der Waals surface area (Å²) in [4.78, 5) is 39.9. The van der Waals surface area contributed by atoms with E-state index < -0.39 is 29.7 Å². The Morgan fingerprint density at radius 2 is 1.94 bits per heavy atom. The van der Waals surface area contributed by atoms with Gasteiger partial charge in [0.1, 0.15) is 17.7 Å². The molecular formula is C26H35N3O5. The van der Waals surface area contributed by atoms with Crippen molar-refractivity contribution in [3.63, 3.8) is 0 Å². The van der Waals surface area contributed by atoms with Crippen LogP contribution >= 0.6 is 0 Å². The number of primary amides is 1. The number of nitrogens with two attached hydrogens (primary N) is 1. The molecule has 0 unspecified atom stereocenters.